The Hall–Kier alpha value is 0.610. The van der Waals surface area contributed by atoms with Crippen LogP contribution in [0, 0.1) is 0 Å². The first-order chi connectivity index (χ1) is 8.49. The van der Waals surface area contributed by atoms with Crippen molar-refractivity contribution in [2.45, 2.75) is 19.3 Å². The largest absolute Gasteiger partial charge is 0.468 e. The van der Waals surface area contributed by atoms with E-state index in [1.165, 1.54) is 7.11 Å². The Labute approximate surface area is 140 Å². The fraction of sp³-hybridized carbons (Fsp3) is 0.417. The number of hydrogen-bond acceptors (Lipinski definition) is 2. The van der Waals surface area contributed by atoms with Crippen LogP contribution in [0.4, 0.5) is 0 Å². The molecule has 0 amide bonds. The maximum absolute atomic E-state index is 11.5. The molecule has 18 heavy (non-hydrogen) atoms. The van der Waals surface area contributed by atoms with Crippen molar-refractivity contribution in [3.63, 3.8) is 0 Å². The first-order valence-corrected chi connectivity index (χ1v) is 8.84. The van der Waals surface area contributed by atoms with Crippen LogP contribution in [0.3, 0.4) is 0 Å². The van der Waals surface area contributed by atoms with E-state index in [1.807, 2.05) is 30.3 Å². The third kappa shape index (κ3) is 4.32. The van der Waals surface area contributed by atoms with Gasteiger partial charge in [0.25, 0.3) is 0 Å². The normalized spacial score (nSPS) is 17.6. The van der Waals surface area contributed by atoms with Gasteiger partial charge in [-0.05, 0) is 5.56 Å². The lowest BCUT2D eigenvalue weighted by molar-refractivity contribution is -0.139. The quantitative estimate of drug-likeness (QED) is 0.431. The minimum Gasteiger partial charge on any atom is -0.468 e. The van der Waals surface area contributed by atoms with Gasteiger partial charge >= 0.3 is 5.97 Å². The molecule has 4 atom stereocenters. The van der Waals surface area contributed by atoms with Gasteiger partial charge in [-0.15, -0.1) is 0 Å². The number of alkyl halides is 4. The first-order valence-electron chi connectivity index (χ1n) is 5.18. The minimum absolute atomic E-state index is 0.0309. The highest BCUT2D eigenvalue weighted by Crippen LogP contribution is 2.38. The fourth-order valence-electron chi connectivity index (χ4n) is 1.39. The van der Waals surface area contributed by atoms with E-state index in [4.69, 9.17) is 4.74 Å². The summed E-state index contributed by atoms with van der Waals surface area (Å²) in [4.78, 5) is 11.1. The SMILES string of the molecule is COC(=O)[C@H](Br)[C@H](Br)[C@H](Br)[C@H](Br)c1ccccc1. The molecule has 0 bridgehead atoms. The van der Waals surface area contributed by atoms with E-state index in [1.54, 1.807) is 0 Å². The molecule has 0 saturated carbocycles. The maximum atomic E-state index is 11.5. The standard InChI is InChI=1S/C12H12Br4O2/c1-18-12(17)11(16)10(15)9(14)8(13)7-5-3-2-4-6-7/h2-6,8-11H,1H3/t8-,9-,10-,11-/m1/s1. The van der Waals surface area contributed by atoms with Crippen molar-refractivity contribution in [3.05, 3.63) is 35.9 Å². The van der Waals surface area contributed by atoms with Crippen molar-refractivity contribution in [1.29, 1.82) is 0 Å². The summed E-state index contributed by atoms with van der Waals surface area (Å²) in [5.74, 6) is -0.297. The molecule has 0 heterocycles. The number of carbonyl (C=O) groups is 1. The van der Waals surface area contributed by atoms with Crippen molar-refractivity contribution < 1.29 is 9.53 Å². The molecule has 0 fully saturated rings. The second kappa shape index (κ2) is 8.02. The molecule has 100 valence electrons. The molecule has 0 radical (unpaired) electrons. The molecule has 0 N–H and O–H groups in total. The van der Waals surface area contributed by atoms with E-state index in [2.05, 4.69) is 63.7 Å². The van der Waals surface area contributed by atoms with Crippen molar-refractivity contribution in [3.8, 4) is 0 Å². The molecule has 1 rings (SSSR count). The predicted octanol–water partition coefficient (Wildman–Crippen LogP) is 4.59. The molecule has 0 aliphatic rings. The lowest BCUT2D eigenvalue weighted by Crippen LogP contribution is -2.33. The van der Waals surface area contributed by atoms with Crippen LogP contribution < -0.4 is 0 Å². The Morgan fingerprint density at radius 3 is 2.11 bits per heavy atom. The summed E-state index contributed by atoms with van der Waals surface area (Å²) in [6.45, 7) is 0. The Kier molecular flexibility index (Phi) is 7.43. The summed E-state index contributed by atoms with van der Waals surface area (Å²) in [5, 5.41) is 0. The summed E-state index contributed by atoms with van der Waals surface area (Å²) < 4.78 is 4.72. The number of esters is 1. The van der Waals surface area contributed by atoms with Crippen molar-refractivity contribution in [2.24, 2.45) is 0 Å². The highest BCUT2D eigenvalue weighted by atomic mass is 79.9. The Bertz CT molecular complexity index is 385. The van der Waals surface area contributed by atoms with Gasteiger partial charge < -0.3 is 4.74 Å². The van der Waals surface area contributed by atoms with Gasteiger partial charge in [-0.2, -0.15) is 0 Å². The third-order valence-corrected chi connectivity index (χ3v) is 8.77. The van der Waals surface area contributed by atoms with Crippen LogP contribution in [0.1, 0.15) is 10.4 Å². The lowest BCUT2D eigenvalue weighted by atomic mass is 10.1. The second-order valence-electron chi connectivity index (χ2n) is 3.63. The minimum atomic E-state index is -0.407. The summed E-state index contributed by atoms with van der Waals surface area (Å²) >= 11 is 14.1. The summed E-state index contributed by atoms with van der Waals surface area (Å²) in [6.07, 6.45) is 0. The topological polar surface area (TPSA) is 26.3 Å². The van der Waals surface area contributed by atoms with Gasteiger partial charge in [0.15, 0.2) is 0 Å². The number of ether oxygens (including phenoxy) is 1. The number of hydrogen-bond donors (Lipinski definition) is 0. The Balaban J connectivity index is 2.75. The Morgan fingerprint density at radius 1 is 1.06 bits per heavy atom. The summed E-state index contributed by atoms with van der Waals surface area (Å²) in [7, 11) is 1.38. The van der Waals surface area contributed by atoms with Crippen LogP contribution >= 0.6 is 63.7 Å². The molecular formula is C12H12Br4O2. The fourth-order valence-corrected chi connectivity index (χ4v) is 4.49. The van der Waals surface area contributed by atoms with Crippen molar-refractivity contribution in [2.75, 3.05) is 7.11 Å². The van der Waals surface area contributed by atoms with Crippen LogP contribution in [0.25, 0.3) is 0 Å². The zero-order valence-corrected chi connectivity index (χ0v) is 15.9. The average Bonchev–Trinajstić information content (AvgIpc) is 2.44. The average molecular weight is 508 g/mol. The van der Waals surface area contributed by atoms with Gasteiger partial charge in [0.2, 0.25) is 0 Å². The molecule has 0 spiro atoms. The van der Waals surface area contributed by atoms with Crippen LogP contribution in [0.2, 0.25) is 0 Å². The van der Waals surface area contributed by atoms with E-state index < -0.39 is 4.83 Å². The lowest BCUT2D eigenvalue weighted by Gasteiger charge is -2.24. The van der Waals surface area contributed by atoms with E-state index >= 15 is 0 Å². The summed E-state index contributed by atoms with van der Waals surface area (Å²) in [6, 6.07) is 10.0. The van der Waals surface area contributed by atoms with Crippen LogP contribution in [-0.2, 0) is 9.53 Å². The third-order valence-electron chi connectivity index (χ3n) is 2.41. The van der Waals surface area contributed by atoms with Gasteiger partial charge in [-0.25, -0.2) is 0 Å². The highest BCUT2D eigenvalue weighted by molar-refractivity contribution is 9.14. The van der Waals surface area contributed by atoms with E-state index in [9.17, 15) is 4.79 Å². The van der Waals surface area contributed by atoms with E-state index in [-0.39, 0.29) is 20.5 Å². The van der Waals surface area contributed by atoms with Crippen molar-refractivity contribution in [1.82, 2.24) is 0 Å². The number of carbonyl (C=O) groups excluding carboxylic acids is 1. The number of methoxy groups -OCH3 is 1. The highest BCUT2D eigenvalue weighted by Gasteiger charge is 2.34. The number of rotatable bonds is 5. The smallest absolute Gasteiger partial charge is 0.320 e. The van der Waals surface area contributed by atoms with Crippen molar-refractivity contribution >= 4 is 69.7 Å². The van der Waals surface area contributed by atoms with E-state index in [0.717, 1.165) is 5.56 Å². The summed E-state index contributed by atoms with van der Waals surface area (Å²) in [5.41, 5.74) is 1.15. The molecule has 0 unspecified atom stereocenters. The van der Waals surface area contributed by atoms with Gasteiger partial charge in [-0.3, -0.25) is 4.79 Å². The molecule has 6 heteroatoms. The van der Waals surface area contributed by atoms with Gasteiger partial charge in [-0.1, -0.05) is 94.1 Å². The first kappa shape index (κ1) is 16.7. The van der Waals surface area contributed by atoms with Gasteiger partial charge in [0, 0.05) is 4.83 Å². The molecule has 0 aliphatic heterocycles. The van der Waals surface area contributed by atoms with Gasteiger partial charge in [0.05, 0.1) is 16.8 Å². The van der Waals surface area contributed by atoms with Gasteiger partial charge in [0.1, 0.15) is 4.83 Å². The molecule has 0 saturated heterocycles. The molecule has 0 aromatic heterocycles. The maximum Gasteiger partial charge on any atom is 0.320 e. The monoisotopic (exact) mass is 504 g/mol. The van der Waals surface area contributed by atoms with Crippen LogP contribution in [-0.4, -0.2) is 27.6 Å². The van der Waals surface area contributed by atoms with Crippen LogP contribution in [0.15, 0.2) is 30.3 Å². The molecule has 2 nitrogen and oxygen atoms in total. The second-order valence-corrected chi connectivity index (χ2v) is 7.71. The zero-order valence-electron chi connectivity index (χ0n) is 9.52. The van der Waals surface area contributed by atoms with E-state index in [0.29, 0.717) is 0 Å². The number of benzene rings is 1. The zero-order chi connectivity index (χ0) is 13.7. The van der Waals surface area contributed by atoms with Crippen LogP contribution in [0.5, 0.6) is 0 Å². The molecule has 0 aliphatic carbocycles. The molecule has 1 aromatic carbocycles. The predicted molar refractivity (Wildman–Crippen MR) is 88.3 cm³/mol. The number of halogens is 4. The molecular weight excluding hydrogens is 496 g/mol. The Morgan fingerprint density at radius 2 is 1.61 bits per heavy atom. The molecule has 1 aromatic rings.